The average Bonchev–Trinajstić information content (AvgIpc) is 3.35. The third-order valence-corrected chi connectivity index (χ3v) is 5.57. The van der Waals surface area contributed by atoms with Crippen LogP contribution in [0.5, 0.6) is 0 Å². The Kier molecular flexibility index (Phi) is 4.74. The number of hydrogen-bond donors (Lipinski definition) is 1. The smallest absolute Gasteiger partial charge is 0.290 e. The highest BCUT2D eigenvalue weighted by Gasteiger charge is 2.35. The molecule has 1 aliphatic carbocycles. The van der Waals surface area contributed by atoms with E-state index in [9.17, 15) is 4.79 Å². The van der Waals surface area contributed by atoms with E-state index in [1.807, 2.05) is 35.7 Å². The maximum atomic E-state index is 13.1. The molecule has 1 amide bonds. The van der Waals surface area contributed by atoms with E-state index in [0.29, 0.717) is 24.7 Å². The number of fused-ring (bicyclic) bond motifs is 2. The third kappa shape index (κ3) is 3.21. The van der Waals surface area contributed by atoms with Gasteiger partial charge in [-0.05, 0) is 37.8 Å². The number of pyridine rings is 1. The normalized spacial score (nSPS) is 20.1. The number of nitrogens with zero attached hydrogens (tertiary/aromatic N) is 6. The average molecular weight is 384 g/mol. The van der Waals surface area contributed by atoms with E-state index in [2.05, 4.69) is 15.0 Å². The number of aromatic nitrogens is 4. The minimum Gasteiger partial charge on any atom is -0.483 e. The van der Waals surface area contributed by atoms with Crippen LogP contribution in [0.15, 0.2) is 12.1 Å². The lowest BCUT2D eigenvalue weighted by molar-refractivity contribution is -0.122. The zero-order chi connectivity index (χ0) is 19.8. The molecule has 1 atom stereocenters. The molecule has 0 bridgehead atoms. The lowest BCUT2D eigenvalue weighted by Gasteiger charge is -2.32. The highest BCUT2D eigenvalue weighted by atomic mass is 16.3. The summed E-state index contributed by atoms with van der Waals surface area (Å²) in [4.78, 5) is 34.8. The summed E-state index contributed by atoms with van der Waals surface area (Å²) in [5, 5.41) is 11.5. The Morgan fingerprint density at radius 2 is 1.96 bits per heavy atom. The van der Waals surface area contributed by atoms with Crippen LogP contribution in [0.25, 0.3) is 0 Å². The van der Waals surface area contributed by atoms with Crippen LogP contribution < -0.4 is 4.90 Å². The van der Waals surface area contributed by atoms with E-state index in [-0.39, 0.29) is 18.4 Å². The minimum absolute atomic E-state index is 0.0159. The summed E-state index contributed by atoms with van der Waals surface area (Å²) in [6.07, 6.45) is 3.38. The molecule has 0 saturated heterocycles. The molecule has 9 nitrogen and oxygen atoms in total. The molecule has 5 rings (SSSR count). The van der Waals surface area contributed by atoms with Crippen molar-refractivity contribution >= 4 is 18.2 Å². The summed E-state index contributed by atoms with van der Waals surface area (Å²) in [6.45, 7) is 4.10. The first-order valence-electron chi connectivity index (χ1n) is 9.58. The minimum atomic E-state index is -0.250. The molecule has 28 heavy (non-hydrogen) atoms. The SMILES string of the molecule is C[C@@H]1c2nc(C3CC3)nn2CCN1C(=O)c1ccc2c(n1)N(C)CC2.O=CO. The van der Waals surface area contributed by atoms with E-state index in [4.69, 9.17) is 14.9 Å². The standard InChI is InChI=1S/C18H22N6O.CH2O2/c1-11-16-20-15(12-3-4-12)21-24(16)10-9-23(11)18(25)14-6-5-13-7-8-22(2)17(13)19-14;2-1-3/h5-6,11-12H,3-4,7-10H2,1-2H3;1H,(H,2,3)/t11-;/m1./s1. The van der Waals surface area contributed by atoms with Crippen molar-refractivity contribution in [3.8, 4) is 0 Å². The molecule has 9 heteroatoms. The van der Waals surface area contributed by atoms with Crippen LogP contribution in [0.2, 0.25) is 0 Å². The van der Waals surface area contributed by atoms with Gasteiger partial charge >= 0.3 is 0 Å². The van der Waals surface area contributed by atoms with Crippen LogP contribution in [-0.2, 0) is 17.8 Å². The molecule has 0 spiro atoms. The van der Waals surface area contributed by atoms with Gasteiger partial charge in [0.15, 0.2) is 5.82 Å². The van der Waals surface area contributed by atoms with Gasteiger partial charge in [-0.15, -0.1) is 0 Å². The number of carboxylic acid groups (broad SMARTS) is 1. The maximum absolute atomic E-state index is 13.1. The zero-order valence-electron chi connectivity index (χ0n) is 16.1. The fourth-order valence-corrected chi connectivity index (χ4v) is 3.84. The first kappa shape index (κ1) is 18.4. The Bertz CT molecular complexity index is 907. The first-order valence-corrected chi connectivity index (χ1v) is 9.58. The van der Waals surface area contributed by atoms with Crippen LogP contribution in [-0.4, -0.2) is 62.3 Å². The molecular weight excluding hydrogens is 360 g/mol. The molecule has 0 aromatic carbocycles. The lowest BCUT2D eigenvalue weighted by atomic mass is 10.1. The fraction of sp³-hybridized carbons (Fsp3) is 0.526. The van der Waals surface area contributed by atoms with Crippen molar-refractivity contribution in [2.24, 2.45) is 0 Å². The van der Waals surface area contributed by atoms with Crippen LogP contribution >= 0.6 is 0 Å². The Morgan fingerprint density at radius 3 is 2.68 bits per heavy atom. The number of rotatable bonds is 2. The van der Waals surface area contributed by atoms with E-state index in [1.54, 1.807) is 0 Å². The van der Waals surface area contributed by atoms with E-state index in [0.717, 1.165) is 30.4 Å². The largest absolute Gasteiger partial charge is 0.483 e. The van der Waals surface area contributed by atoms with Crippen molar-refractivity contribution in [2.45, 2.75) is 44.7 Å². The van der Waals surface area contributed by atoms with Gasteiger partial charge in [-0.3, -0.25) is 9.59 Å². The Morgan fingerprint density at radius 1 is 1.21 bits per heavy atom. The molecule has 0 radical (unpaired) electrons. The summed E-state index contributed by atoms with van der Waals surface area (Å²) in [5.41, 5.74) is 1.74. The van der Waals surface area contributed by atoms with E-state index >= 15 is 0 Å². The van der Waals surface area contributed by atoms with Crippen molar-refractivity contribution in [2.75, 3.05) is 25.0 Å². The van der Waals surface area contributed by atoms with Crippen molar-refractivity contribution in [3.63, 3.8) is 0 Å². The third-order valence-electron chi connectivity index (χ3n) is 5.57. The van der Waals surface area contributed by atoms with Gasteiger partial charge in [-0.2, -0.15) is 5.10 Å². The second kappa shape index (κ2) is 7.21. The molecule has 1 saturated carbocycles. The summed E-state index contributed by atoms with van der Waals surface area (Å²) < 4.78 is 1.98. The van der Waals surface area contributed by atoms with Gasteiger partial charge in [0.2, 0.25) is 0 Å². The van der Waals surface area contributed by atoms with Gasteiger partial charge in [-0.1, -0.05) is 6.07 Å². The van der Waals surface area contributed by atoms with Crippen LogP contribution in [0.3, 0.4) is 0 Å². The predicted octanol–water partition coefficient (Wildman–Crippen LogP) is 1.46. The molecule has 1 fully saturated rings. The molecule has 2 aliphatic heterocycles. The number of anilines is 1. The van der Waals surface area contributed by atoms with E-state index < -0.39 is 0 Å². The molecule has 148 valence electrons. The van der Waals surface area contributed by atoms with Crippen molar-refractivity contribution < 1.29 is 14.7 Å². The monoisotopic (exact) mass is 384 g/mol. The maximum Gasteiger partial charge on any atom is 0.290 e. The second-order valence-corrected chi connectivity index (χ2v) is 7.46. The van der Waals surface area contributed by atoms with Gasteiger partial charge in [0.1, 0.15) is 17.3 Å². The van der Waals surface area contributed by atoms with Crippen molar-refractivity contribution in [3.05, 3.63) is 35.0 Å². The number of hydrogen-bond acceptors (Lipinski definition) is 6. The van der Waals surface area contributed by atoms with E-state index in [1.165, 1.54) is 18.4 Å². The number of amides is 1. The fourth-order valence-electron chi connectivity index (χ4n) is 3.84. The van der Waals surface area contributed by atoms with Crippen molar-refractivity contribution in [1.82, 2.24) is 24.6 Å². The van der Waals surface area contributed by atoms with Crippen molar-refractivity contribution in [1.29, 1.82) is 0 Å². The zero-order valence-corrected chi connectivity index (χ0v) is 16.1. The summed E-state index contributed by atoms with van der Waals surface area (Å²) in [6, 6.07) is 3.83. The Balaban J connectivity index is 0.000000604. The van der Waals surface area contributed by atoms with Crippen LogP contribution in [0.1, 0.15) is 59.4 Å². The Labute approximate surface area is 163 Å². The first-order chi connectivity index (χ1) is 13.5. The molecule has 2 aromatic heterocycles. The molecule has 4 heterocycles. The number of likely N-dealkylation sites (N-methyl/N-ethyl adjacent to an activating group) is 1. The van der Waals surface area contributed by atoms with Gasteiger partial charge in [0.25, 0.3) is 12.4 Å². The van der Waals surface area contributed by atoms with Gasteiger partial charge in [0, 0.05) is 26.1 Å². The highest BCUT2D eigenvalue weighted by Crippen LogP contribution is 2.39. The van der Waals surface area contributed by atoms with Gasteiger partial charge < -0.3 is 14.9 Å². The quantitative estimate of drug-likeness (QED) is 0.782. The summed E-state index contributed by atoms with van der Waals surface area (Å²) >= 11 is 0. The molecule has 2 aromatic rings. The summed E-state index contributed by atoms with van der Waals surface area (Å²) in [7, 11) is 2.03. The van der Waals surface area contributed by atoms with Crippen LogP contribution in [0, 0.1) is 0 Å². The predicted molar refractivity (Wildman–Crippen MR) is 101 cm³/mol. The van der Waals surface area contributed by atoms with Crippen LogP contribution in [0.4, 0.5) is 5.82 Å². The van der Waals surface area contributed by atoms with Gasteiger partial charge in [-0.25, -0.2) is 14.6 Å². The lowest BCUT2D eigenvalue weighted by Crippen LogP contribution is -2.41. The topological polar surface area (TPSA) is 104 Å². The molecule has 0 unspecified atom stereocenters. The summed E-state index contributed by atoms with van der Waals surface area (Å²) in [5.74, 6) is 3.31. The second-order valence-electron chi connectivity index (χ2n) is 7.46. The number of carbonyl (C=O) groups is 2. The van der Waals surface area contributed by atoms with Gasteiger partial charge in [0.05, 0.1) is 12.6 Å². The molecule has 1 N–H and O–H groups in total. The highest BCUT2D eigenvalue weighted by molar-refractivity contribution is 5.93. The number of carbonyl (C=O) groups excluding carboxylic acids is 1. The molecular formula is C19H24N6O3. The Hall–Kier alpha value is -2.97. The molecule has 3 aliphatic rings.